The number of rotatable bonds is 4. The van der Waals surface area contributed by atoms with E-state index in [1.807, 2.05) is 6.07 Å². The Balaban J connectivity index is 1.80. The Kier molecular flexibility index (Phi) is 5.16. The molecular weight excluding hydrogens is 253 g/mol. The summed E-state index contributed by atoms with van der Waals surface area (Å²) in [5, 5.41) is 3.15. The van der Waals surface area contributed by atoms with Gasteiger partial charge in [-0.25, -0.2) is 4.39 Å². The van der Waals surface area contributed by atoms with Crippen LogP contribution in [0.4, 0.5) is 4.39 Å². The van der Waals surface area contributed by atoms with Crippen LogP contribution in [-0.4, -0.2) is 11.9 Å². The molecule has 1 aliphatic carbocycles. The van der Waals surface area contributed by atoms with Gasteiger partial charge in [0, 0.05) is 12.5 Å². The van der Waals surface area contributed by atoms with E-state index in [1.165, 1.54) is 25.0 Å². The zero-order chi connectivity index (χ0) is 14.5. The summed E-state index contributed by atoms with van der Waals surface area (Å²) in [6.45, 7) is 4.48. The van der Waals surface area contributed by atoms with Gasteiger partial charge in [-0.2, -0.15) is 0 Å². The third-order valence-corrected chi connectivity index (χ3v) is 4.58. The molecule has 1 aliphatic rings. The standard InChI is InChI=1S/C17H24FNO/c1-12-5-3-8-16(13(12)2)19-17(20)10-9-14-6-4-7-15(18)11-14/h4,6-7,11-13,16H,3,5,8-10H2,1-2H3,(H,19,20). The fourth-order valence-electron chi connectivity index (χ4n) is 3.02. The molecule has 2 rings (SSSR count). The number of hydrogen-bond donors (Lipinski definition) is 1. The molecule has 0 aliphatic heterocycles. The largest absolute Gasteiger partial charge is 0.353 e. The van der Waals surface area contributed by atoms with E-state index in [9.17, 15) is 9.18 Å². The van der Waals surface area contributed by atoms with Crippen LogP contribution in [0.1, 0.15) is 45.1 Å². The lowest BCUT2D eigenvalue weighted by molar-refractivity contribution is -0.122. The first-order valence-electron chi connectivity index (χ1n) is 7.60. The van der Waals surface area contributed by atoms with E-state index in [4.69, 9.17) is 0 Å². The van der Waals surface area contributed by atoms with E-state index < -0.39 is 0 Å². The van der Waals surface area contributed by atoms with Crippen molar-refractivity contribution in [2.24, 2.45) is 11.8 Å². The van der Waals surface area contributed by atoms with Gasteiger partial charge in [0.2, 0.25) is 5.91 Å². The highest BCUT2D eigenvalue weighted by molar-refractivity contribution is 5.76. The SMILES string of the molecule is CC1CCCC(NC(=O)CCc2cccc(F)c2)C1C. The Bertz CT molecular complexity index is 460. The summed E-state index contributed by atoms with van der Waals surface area (Å²) in [5.41, 5.74) is 0.880. The van der Waals surface area contributed by atoms with Gasteiger partial charge in [0.1, 0.15) is 5.82 Å². The summed E-state index contributed by atoms with van der Waals surface area (Å²) in [6.07, 6.45) is 4.57. The molecule has 0 saturated heterocycles. The van der Waals surface area contributed by atoms with Gasteiger partial charge in [-0.15, -0.1) is 0 Å². The highest BCUT2D eigenvalue weighted by Gasteiger charge is 2.27. The van der Waals surface area contributed by atoms with Crippen molar-refractivity contribution in [3.63, 3.8) is 0 Å². The topological polar surface area (TPSA) is 29.1 Å². The molecule has 0 radical (unpaired) electrons. The van der Waals surface area contributed by atoms with E-state index >= 15 is 0 Å². The van der Waals surface area contributed by atoms with Crippen LogP contribution in [0.15, 0.2) is 24.3 Å². The summed E-state index contributed by atoms with van der Waals surface area (Å²) in [7, 11) is 0. The maximum Gasteiger partial charge on any atom is 0.220 e. The predicted octanol–water partition coefficient (Wildman–Crippen LogP) is 3.70. The molecule has 3 unspecified atom stereocenters. The first kappa shape index (κ1) is 15.0. The number of nitrogens with one attached hydrogen (secondary N) is 1. The van der Waals surface area contributed by atoms with Crippen LogP contribution in [0.25, 0.3) is 0 Å². The van der Waals surface area contributed by atoms with Crippen molar-refractivity contribution in [1.29, 1.82) is 0 Å². The lowest BCUT2D eigenvalue weighted by Gasteiger charge is -2.34. The van der Waals surface area contributed by atoms with Gasteiger partial charge in [0.05, 0.1) is 0 Å². The van der Waals surface area contributed by atoms with Gasteiger partial charge in [0.25, 0.3) is 0 Å². The molecule has 3 heteroatoms. The average molecular weight is 277 g/mol. The Morgan fingerprint density at radius 1 is 1.35 bits per heavy atom. The van der Waals surface area contributed by atoms with Crippen molar-refractivity contribution in [1.82, 2.24) is 5.32 Å². The molecule has 1 N–H and O–H groups in total. The molecule has 1 fully saturated rings. The maximum absolute atomic E-state index is 13.1. The quantitative estimate of drug-likeness (QED) is 0.893. The van der Waals surface area contributed by atoms with Crippen molar-refractivity contribution in [2.45, 2.75) is 52.0 Å². The molecule has 0 heterocycles. The molecule has 2 nitrogen and oxygen atoms in total. The zero-order valence-corrected chi connectivity index (χ0v) is 12.4. The van der Waals surface area contributed by atoms with Crippen LogP contribution in [-0.2, 0) is 11.2 Å². The van der Waals surface area contributed by atoms with Gasteiger partial charge < -0.3 is 5.32 Å². The Morgan fingerprint density at radius 2 is 2.15 bits per heavy atom. The third kappa shape index (κ3) is 4.06. The molecule has 20 heavy (non-hydrogen) atoms. The molecule has 1 aromatic carbocycles. The Morgan fingerprint density at radius 3 is 2.90 bits per heavy atom. The van der Waals surface area contributed by atoms with Crippen LogP contribution >= 0.6 is 0 Å². The number of aryl methyl sites for hydroxylation is 1. The average Bonchev–Trinajstić information content (AvgIpc) is 2.42. The number of halogens is 1. The van der Waals surface area contributed by atoms with Gasteiger partial charge in [-0.1, -0.05) is 38.8 Å². The Hall–Kier alpha value is -1.38. The molecule has 1 saturated carbocycles. The van der Waals surface area contributed by atoms with E-state index in [0.29, 0.717) is 30.7 Å². The number of carbonyl (C=O) groups excluding carboxylic acids is 1. The van der Waals surface area contributed by atoms with Crippen LogP contribution in [0, 0.1) is 17.7 Å². The number of carbonyl (C=O) groups is 1. The third-order valence-electron chi connectivity index (χ3n) is 4.58. The monoisotopic (exact) mass is 277 g/mol. The van der Waals surface area contributed by atoms with Gasteiger partial charge in [-0.3, -0.25) is 4.79 Å². The van der Waals surface area contributed by atoms with Crippen LogP contribution in [0.3, 0.4) is 0 Å². The second-order valence-corrected chi connectivity index (χ2v) is 6.07. The van der Waals surface area contributed by atoms with Crippen LogP contribution < -0.4 is 5.32 Å². The van der Waals surface area contributed by atoms with Gasteiger partial charge in [-0.05, 0) is 42.4 Å². The summed E-state index contributed by atoms with van der Waals surface area (Å²) in [5.74, 6) is 1.07. The molecule has 0 bridgehead atoms. The van der Waals surface area contributed by atoms with Gasteiger partial charge in [0.15, 0.2) is 0 Å². The predicted molar refractivity (Wildman–Crippen MR) is 78.8 cm³/mol. The molecule has 1 aromatic rings. The minimum absolute atomic E-state index is 0.0835. The molecule has 3 atom stereocenters. The van der Waals surface area contributed by atoms with Crippen LogP contribution in [0.2, 0.25) is 0 Å². The summed E-state index contributed by atoms with van der Waals surface area (Å²) < 4.78 is 13.1. The minimum Gasteiger partial charge on any atom is -0.353 e. The fraction of sp³-hybridized carbons (Fsp3) is 0.588. The normalized spacial score (nSPS) is 26.2. The van der Waals surface area contributed by atoms with Crippen LogP contribution in [0.5, 0.6) is 0 Å². The molecule has 0 aromatic heterocycles. The molecular formula is C17H24FNO. The number of benzene rings is 1. The summed E-state index contributed by atoms with van der Waals surface area (Å²) in [4.78, 5) is 12.0. The first-order chi connectivity index (χ1) is 9.56. The molecule has 110 valence electrons. The van der Waals surface area contributed by atoms with Crippen molar-refractivity contribution >= 4 is 5.91 Å². The maximum atomic E-state index is 13.1. The summed E-state index contributed by atoms with van der Waals surface area (Å²) in [6, 6.07) is 6.78. The van der Waals surface area contributed by atoms with E-state index in [1.54, 1.807) is 6.07 Å². The zero-order valence-electron chi connectivity index (χ0n) is 12.4. The van der Waals surface area contributed by atoms with E-state index in [0.717, 1.165) is 12.0 Å². The highest BCUT2D eigenvalue weighted by atomic mass is 19.1. The minimum atomic E-state index is -0.238. The first-order valence-corrected chi connectivity index (χ1v) is 7.60. The van der Waals surface area contributed by atoms with Crippen molar-refractivity contribution in [2.75, 3.05) is 0 Å². The smallest absolute Gasteiger partial charge is 0.220 e. The number of amides is 1. The summed E-state index contributed by atoms with van der Waals surface area (Å²) >= 11 is 0. The van der Waals surface area contributed by atoms with Crippen molar-refractivity contribution < 1.29 is 9.18 Å². The molecule has 0 spiro atoms. The van der Waals surface area contributed by atoms with Crippen molar-refractivity contribution in [3.05, 3.63) is 35.6 Å². The lowest BCUT2D eigenvalue weighted by Crippen LogP contribution is -2.43. The van der Waals surface area contributed by atoms with E-state index in [-0.39, 0.29) is 11.7 Å². The fourth-order valence-corrected chi connectivity index (χ4v) is 3.02. The lowest BCUT2D eigenvalue weighted by atomic mass is 9.78. The Labute approximate surface area is 120 Å². The number of hydrogen-bond acceptors (Lipinski definition) is 1. The second-order valence-electron chi connectivity index (χ2n) is 6.07. The molecule has 1 amide bonds. The second kappa shape index (κ2) is 6.87. The van der Waals surface area contributed by atoms with E-state index in [2.05, 4.69) is 19.2 Å². The highest BCUT2D eigenvalue weighted by Crippen LogP contribution is 2.29. The van der Waals surface area contributed by atoms with Crippen molar-refractivity contribution in [3.8, 4) is 0 Å². The van der Waals surface area contributed by atoms with Gasteiger partial charge >= 0.3 is 0 Å².